The zero-order valence-electron chi connectivity index (χ0n) is 7.41. The Balaban J connectivity index is 2.17. The molecule has 0 aliphatic carbocycles. The molecule has 1 unspecified atom stereocenters. The highest BCUT2D eigenvalue weighted by molar-refractivity contribution is 7.09. The number of nitrogens with one attached hydrogen (secondary N) is 1. The molecule has 68 valence electrons. The third-order valence-electron chi connectivity index (χ3n) is 1.52. The van der Waals surface area contributed by atoms with E-state index >= 15 is 0 Å². The largest absolute Gasteiger partial charge is 0.383 e. The van der Waals surface area contributed by atoms with Gasteiger partial charge in [-0.05, 0) is 6.92 Å². The SMILES string of the molecule is COCC(C)NCc1cncs1. The highest BCUT2D eigenvalue weighted by atomic mass is 32.1. The van der Waals surface area contributed by atoms with Gasteiger partial charge in [0.05, 0.1) is 12.1 Å². The molecule has 0 saturated heterocycles. The summed E-state index contributed by atoms with van der Waals surface area (Å²) >= 11 is 1.67. The van der Waals surface area contributed by atoms with Crippen molar-refractivity contribution >= 4 is 11.3 Å². The van der Waals surface area contributed by atoms with Crippen molar-refractivity contribution in [2.45, 2.75) is 19.5 Å². The molecule has 12 heavy (non-hydrogen) atoms. The molecular formula is C8H14N2OS. The summed E-state index contributed by atoms with van der Waals surface area (Å²) in [4.78, 5) is 5.26. The number of thiazole rings is 1. The molecule has 0 spiro atoms. The lowest BCUT2D eigenvalue weighted by atomic mass is 10.3. The van der Waals surface area contributed by atoms with Crippen LogP contribution in [0.25, 0.3) is 0 Å². The van der Waals surface area contributed by atoms with E-state index in [-0.39, 0.29) is 0 Å². The summed E-state index contributed by atoms with van der Waals surface area (Å²) < 4.78 is 5.00. The Bertz CT molecular complexity index is 201. The average molecular weight is 186 g/mol. The third-order valence-corrected chi connectivity index (χ3v) is 2.30. The van der Waals surface area contributed by atoms with E-state index in [1.807, 2.05) is 11.7 Å². The van der Waals surface area contributed by atoms with Crippen molar-refractivity contribution in [1.29, 1.82) is 0 Å². The van der Waals surface area contributed by atoms with Crippen LogP contribution in [-0.4, -0.2) is 24.7 Å². The smallest absolute Gasteiger partial charge is 0.0794 e. The van der Waals surface area contributed by atoms with Crippen molar-refractivity contribution in [2.75, 3.05) is 13.7 Å². The molecule has 1 atom stereocenters. The average Bonchev–Trinajstić information content (AvgIpc) is 2.53. The van der Waals surface area contributed by atoms with Gasteiger partial charge in [-0.15, -0.1) is 11.3 Å². The predicted molar refractivity (Wildman–Crippen MR) is 50.3 cm³/mol. The normalized spacial score (nSPS) is 13.2. The molecule has 0 aliphatic heterocycles. The molecule has 3 nitrogen and oxygen atoms in total. The van der Waals surface area contributed by atoms with Crippen LogP contribution in [0.5, 0.6) is 0 Å². The minimum Gasteiger partial charge on any atom is -0.383 e. The molecular weight excluding hydrogens is 172 g/mol. The second-order valence-electron chi connectivity index (χ2n) is 2.71. The fourth-order valence-electron chi connectivity index (χ4n) is 0.913. The lowest BCUT2D eigenvalue weighted by Crippen LogP contribution is -2.29. The van der Waals surface area contributed by atoms with E-state index in [2.05, 4.69) is 17.2 Å². The van der Waals surface area contributed by atoms with Crippen LogP contribution >= 0.6 is 11.3 Å². The Morgan fingerprint density at radius 2 is 2.58 bits per heavy atom. The third kappa shape index (κ3) is 3.30. The minimum atomic E-state index is 0.400. The standard InChI is InChI=1S/C8H14N2OS/c1-7(5-11-2)10-4-8-3-9-6-12-8/h3,6-7,10H,4-5H2,1-2H3. The lowest BCUT2D eigenvalue weighted by Gasteiger charge is -2.10. The van der Waals surface area contributed by atoms with Gasteiger partial charge in [-0.3, -0.25) is 4.98 Å². The van der Waals surface area contributed by atoms with E-state index < -0.39 is 0 Å². The fraction of sp³-hybridized carbons (Fsp3) is 0.625. The maximum atomic E-state index is 5.00. The number of hydrogen-bond donors (Lipinski definition) is 1. The molecule has 0 amide bonds. The van der Waals surface area contributed by atoms with E-state index in [0.717, 1.165) is 13.2 Å². The summed E-state index contributed by atoms with van der Waals surface area (Å²) in [6.07, 6.45) is 1.89. The summed E-state index contributed by atoms with van der Waals surface area (Å²) in [5.74, 6) is 0. The Morgan fingerprint density at radius 3 is 3.17 bits per heavy atom. The molecule has 0 aromatic carbocycles. The first-order valence-corrected chi connectivity index (χ1v) is 4.80. The van der Waals surface area contributed by atoms with Crippen LogP contribution in [0.15, 0.2) is 11.7 Å². The van der Waals surface area contributed by atoms with E-state index in [1.54, 1.807) is 18.4 Å². The van der Waals surface area contributed by atoms with Gasteiger partial charge < -0.3 is 10.1 Å². The number of hydrogen-bond acceptors (Lipinski definition) is 4. The predicted octanol–water partition coefficient (Wildman–Crippen LogP) is 1.27. The monoisotopic (exact) mass is 186 g/mol. The van der Waals surface area contributed by atoms with Crippen LogP contribution in [0.1, 0.15) is 11.8 Å². The fourth-order valence-corrected chi connectivity index (χ4v) is 1.46. The van der Waals surface area contributed by atoms with Crippen molar-refractivity contribution in [3.8, 4) is 0 Å². The molecule has 0 aliphatic rings. The van der Waals surface area contributed by atoms with Crippen molar-refractivity contribution < 1.29 is 4.74 Å². The van der Waals surface area contributed by atoms with Gasteiger partial charge in [0, 0.05) is 30.8 Å². The topological polar surface area (TPSA) is 34.1 Å². The van der Waals surface area contributed by atoms with E-state index in [0.29, 0.717) is 6.04 Å². The molecule has 1 heterocycles. The second kappa shape index (κ2) is 5.24. The molecule has 0 fully saturated rings. The highest BCUT2D eigenvalue weighted by Gasteiger charge is 2.00. The van der Waals surface area contributed by atoms with Crippen LogP contribution in [0.2, 0.25) is 0 Å². The quantitative estimate of drug-likeness (QED) is 0.752. The van der Waals surface area contributed by atoms with Crippen LogP contribution in [0, 0.1) is 0 Å². The highest BCUT2D eigenvalue weighted by Crippen LogP contribution is 2.04. The molecule has 0 bridgehead atoms. The number of nitrogens with zero attached hydrogens (tertiary/aromatic N) is 1. The van der Waals surface area contributed by atoms with Crippen molar-refractivity contribution in [3.63, 3.8) is 0 Å². The summed E-state index contributed by atoms with van der Waals surface area (Å²) in [5, 5.41) is 3.33. The Morgan fingerprint density at radius 1 is 1.75 bits per heavy atom. The lowest BCUT2D eigenvalue weighted by molar-refractivity contribution is 0.172. The maximum absolute atomic E-state index is 5.00. The zero-order chi connectivity index (χ0) is 8.81. The molecule has 1 aromatic rings. The maximum Gasteiger partial charge on any atom is 0.0794 e. The first kappa shape index (κ1) is 9.64. The van der Waals surface area contributed by atoms with Gasteiger partial charge in [0.25, 0.3) is 0 Å². The Labute approximate surface area is 76.8 Å². The first-order valence-electron chi connectivity index (χ1n) is 3.92. The van der Waals surface area contributed by atoms with Gasteiger partial charge in [-0.2, -0.15) is 0 Å². The van der Waals surface area contributed by atoms with Crippen molar-refractivity contribution in [3.05, 3.63) is 16.6 Å². The molecule has 1 aromatic heterocycles. The molecule has 4 heteroatoms. The minimum absolute atomic E-state index is 0.400. The number of ether oxygens (including phenoxy) is 1. The first-order chi connectivity index (χ1) is 5.83. The van der Waals surface area contributed by atoms with Gasteiger partial charge >= 0.3 is 0 Å². The van der Waals surface area contributed by atoms with E-state index in [1.165, 1.54) is 4.88 Å². The van der Waals surface area contributed by atoms with Gasteiger partial charge in [-0.25, -0.2) is 0 Å². The Kier molecular flexibility index (Phi) is 4.21. The summed E-state index contributed by atoms with van der Waals surface area (Å²) in [6, 6.07) is 0.400. The number of aromatic nitrogens is 1. The van der Waals surface area contributed by atoms with Crippen LogP contribution in [0.3, 0.4) is 0 Å². The summed E-state index contributed by atoms with van der Waals surface area (Å²) in [6.45, 7) is 3.73. The van der Waals surface area contributed by atoms with Crippen LogP contribution in [0.4, 0.5) is 0 Å². The number of rotatable bonds is 5. The van der Waals surface area contributed by atoms with Gasteiger partial charge in [0.15, 0.2) is 0 Å². The summed E-state index contributed by atoms with van der Waals surface area (Å²) in [7, 11) is 1.71. The molecule has 0 saturated carbocycles. The molecule has 0 radical (unpaired) electrons. The van der Waals surface area contributed by atoms with Gasteiger partial charge in [-0.1, -0.05) is 0 Å². The van der Waals surface area contributed by atoms with Crippen molar-refractivity contribution in [1.82, 2.24) is 10.3 Å². The Hall–Kier alpha value is -0.450. The number of methoxy groups -OCH3 is 1. The van der Waals surface area contributed by atoms with E-state index in [4.69, 9.17) is 4.74 Å². The molecule has 1 rings (SSSR count). The van der Waals surface area contributed by atoms with Gasteiger partial charge in [0.2, 0.25) is 0 Å². The van der Waals surface area contributed by atoms with Crippen LogP contribution in [-0.2, 0) is 11.3 Å². The molecule has 1 N–H and O–H groups in total. The summed E-state index contributed by atoms with van der Waals surface area (Å²) in [5.41, 5.74) is 1.85. The van der Waals surface area contributed by atoms with Crippen molar-refractivity contribution in [2.24, 2.45) is 0 Å². The van der Waals surface area contributed by atoms with E-state index in [9.17, 15) is 0 Å². The van der Waals surface area contributed by atoms with Crippen LogP contribution < -0.4 is 5.32 Å². The zero-order valence-corrected chi connectivity index (χ0v) is 8.23. The second-order valence-corrected chi connectivity index (χ2v) is 3.68. The van der Waals surface area contributed by atoms with Gasteiger partial charge in [0.1, 0.15) is 0 Å².